The van der Waals surface area contributed by atoms with Gasteiger partial charge in [-0.1, -0.05) is 19.9 Å². The van der Waals surface area contributed by atoms with Gasteiger partial charge in [-0.3, -0.25) is 4.90 Å². The van der Waals surface area contributed by atoms with Crippen LogP contribution in [-0.2, 0) is 4.74 Å². The molecule has 0 bridgehead atoms. The Labute approximate surface area is 247 Å². The molecule has 0 saturated carbocycles. The average Bonchev–Trinajstić information content (AvgIpc) is 3.14. The maximum absolute atomic E-state index is 13.5. The zero-order valence-corrected chi connectivity index (χ0v) is 24.5. The molecule has 1 aromatic rings. The molecule has 4 rings (SSSR count). The molecule has 0 aromatic heterocycles. The third-order valence-electron chi connectivity index (χ3n) is 7.94. The molecular weight excluding hydrogens is 613 g/mol. The summed E-state index contributed by atoms with van der Waals surface area (Å²) in [6.45, 7) is 5.39. The van der Waals surface area contributed by atoms with Gasteiger partial charge in [-0.25, -0.2) is 4.79 Å². The number of amides is 1. The summed E-state index contributed by atoms with van der Waals surface area (Å²) in [6, 6.07) is 3.06. The highest BCUT2D eigenvalue weighted by Crippen LogP contribution is 2.47. The van der Waals surface area contributed by atoms with E-state index in [9.17, 15) is 44.3 Å². The highest BCUT2D eigenvalue weighted by Gasteiger charge is 2.49. The Morgan fingerprint density at radius 3 is 2.35 bits per heavy atom. The highest BCUT2D eigenvalue weighted by molar-refractivity contribution is 7.98. The number of hydrogen-bond donors (Lipinski definition) is 0. The first kappa shape index (κ1) is 33.1. The summed E-state index contributed by atoms with van der Waals surface area (Å²) in [5, 5.41) is 0. The van der Waals surface area contributed by atoms with Crippen molar-refractivity contribution in [3.05, 3.63) is 52.6 Å². The number of hydrogen-bond acceptors (Lipinski definition) is 4. The van der Waals surface area contributed by atoms with E-state index in [4.69, 9.17) is 4.74 Å². The lowest BCUT2D eigenvalue weighted by molar-refractivity contribution is -0.274. The summed E-state index contributed by atoms with van der Waals surface area (Å²) in [7, 11) is 0. The molecule has 1 fully saturated rings. The SMILES string of the molecule is CSc1ccc(OC(F)(F)F)cc1C1=C(CN2C(=O)O[C@H](C3=CC(C(F)(F)F)CC(C(F)(F)F)=C3)[C@@H]2C)CC(C)(C)CC1. The maximum Gasteiger partial charge on any atom is 0.573 e. The van der Waals surface area contributed by atoms with Crippen molar-refractivity contribution in [2.45, 2.75) is 82.2 Å². The predicted molar refractivity (Wildman–Crippen MR) is 142 cm³/mol. The minimum absolute atomic E-state index is 0.0702. The number of carbonyl (C=O) groups excluding carboxylic acids is 1. The molecule has 0 N–H and O–H groups in total. The first-order chi connectivity index (χ1) is 19.7. The Morgan fingerprint density at radius 1 is 1.09 bits per heavy atom. The van der Waals surface area contributed by atoms with Crippen molar-refractivity contribution in [1.29, 1.82) is 0 Å². The van der Waals surface area contributed by atoms with Gasteiger partial charge in [0, 0.05) is 17.0 Å². The van der Waals surface area contributed by atoms with Crippen LogP contribution in [0.5, 0.6) is 5.75 Å². The van der Waals surface area contributed by atoms with Crippen molar-refractivity contribution in [3.63, 3.8) is 0 Å². The summed E-state index contributed by atoms with van der Waals surface area (Å²) in [5.74, 6) is -2.81. The van der Waals surface area contributed by atoms with E-state index in [0.717, 1.165) is 0 Å². The molecule has 1 unspecified atom stereocenters. The normalized spacial score (nSPS) is 25.0. The molecule has 14 heteroatoms. The molecule has 0 radical (unpaired) electrons. The number of ether oxygens (including phenoxy) is 2. The Morgan fingerprint density at radius 2 is 1.77 bits per heavy atom. The van der Waals surface area contributed by atoms with E-state index in [2.05, 4.69) is 4.74 Å². The zero-order valence-electron chi connectivity index (χ0n) is 23.6. The van der Waals surface area contributed by atoms with Crippen LogP contribution in [0.3, 0.4) is 0 Å². The van der Waals surface area contributed by atoms with Crippen LogP contribution < -0.4 is 4.74 Å². The molecule has 1 saturated heterocycles. The van der Waals surface area contributed by atoms with Gasteiger partial charge in [-0.15, -0.1) is 24.9 Å². The number of carbonyl (C=O) groups is 1. The topological polar surface area (TPSA) is 38.8 Å². The number of allylic oxidation sites excluding steroid dienone is 3. The van der Waals surface area contributed by atoms with Crippen LogP contribution in [0.4, 0.5) is 44.3 Å². The molecule has 1 heterocycles. The molecule has 1 amide bonds. The van der Waals surface area contributed by atoms with Gasteiger partial charge in [0.2, 0.25) is 0 Å². The molecule has 43 heavy (non-hydrogen) atoms. The van der Waals surface area contributed by atoms with Crippen molar-refractivity contribution in [2.24, 2.45) is 11.3 Å². The van der Waals surface area contributed by atoms with E-state index in [-0.39, 0.29) is 17.5 Å². The monoisotopic (exact) mass is 643 g/mol. The van der Waals surface area contributed by atoms with E-state index in [1.54, 1.807) is 6.26 Å². The van der Waals surface area contributed by atoms with Crippen LogP contribution in [0.2, 0.25) is 0 Å². The molecular formula is C29H30F9NO3S. The molecule has 238 valence electrons. The largest absolute Gasteiger partial charge is 0.573 e. The van der Waals surface area contributed by atoms with Crippen LogP contribution in [0.15, 0.2) is 52.0 Å². The van der Waals surface area contributed by atoms with Crippen LogP contribution in [0.1, 0.15) is 52.0 Å². The number of benzene rings is 1. The quantitative estimate of drug-likeness (QED) is 0.229. The summed E-state index contributed by atoms with van der Waals surface area (Å²) < 4.78 is 130. The molecule has 4 nitrogen and oxygen atoms in total. The second-order valence-electron chi connectivity index (χ2n) is 11.7. The Hall–Kier alpha value is -2.77. The standard InChI is InChI=1S/C29H30F9NO3S/c1-15-24(16-9-18(27(30,31)32)11-19(10-16)28(33,34)35)41-25(40)39(15)14-17-13-26(2,3)8-7-21(17)22-12-20(42-29(36,37)38)5-6-23(22)43-4/h5-6,9-10,12,15,18,24H,7-8,11,13-14H2,1-4H3/t15-,18?,24-/m0/s1. The summed E-state index contributed by atoms with van der Waals surface area (Å²) in [6.07, 6.45) is -13.8. The van der Waals surface area contributed by atoms with E-state index in [1.807, 2.05) is 13.8 Å². The lowest BCUT2D eigenvalue weighted by Crippen LogP contribution is -2.38. The van der Waals surface area contributed by atoms with E-state index in [0.29, 0.717) is 53.0 Å². The molecule has 2 aliphatic carbocycles. The molecule has 3 atom stereocenters. The first-order valence-corrected chi connectivity index (χ1v) is 14.6. The first-order valence-electron chi connectivity index (χ1n) is 13.4. The number of thioether (sulfide) groups is 1. The van der Waals surface area contributed by atoms with Gasteiger partial charge in [0.15, 0.2) is 0 Å². The summed E-state index contributed by atoms with van der Waals surface area (Å²) in [5.41, 5.74) is -0.0913. The van der Waals surface area contributed by atoms with Gasteiger partial charge in [0.25, 0.3) is 0 Å². The Kier molecular flexibility index (Phi) is 8.96. The van der Waals surface area contributed by atoms with E-state index >= 15 is 0 Å². The van der Waals surface area contributed by atoms with Crippen molar-refractivity contribution in [3.8, 4) is 5.75 Å². The molecule has 0 spiro atoms. The lowest BCUT2D eigenvalue weighted by Gasteiger charge is -2.36. The fourth-order valence-corrected chi connectivity index (χ4v) is 6.40. The minimum atomic E-state index is -5.00. The lowest BCUT2D eigenvalue weighted by atomic mass is 9.72. The van der Waals surface area contributed by atoms with Crippen LogP contribution in [0, 0.1) is 11.3 Å². The molecule has 3 aliphatic rings. The molecule has 1 aliphatic heterocycles. The van der Waals surface area contributed by atoms with Gasteiger partial charge in [-0.05, 0) is 90.8 Å². The Balaban J connectivity index is 1.71. The van der Waals surface area contributed by atoms with Crippen molar-refractivity contribution < 1.29 is 53.8 Å². The van der Waals surface area contributed by atoms with Gasteiger partial charge < -0.3 is 9.47 Å². The maximum atomic E-state index is 13.5. The average molecular weight is 644 g/mol. The van der Waals surface area contributed by atoms with Crippen molar-refractivity contribution >= 4 is 23.4 Å². The number of nitrogens with zero attached hydrogens (tertiary/aromatic N) is 1. The van der Waals surface area contributed by atoms with Gasteiger partial charge in [-0.2, -0.15) is 26.3 Å². The second-order valence-corrected chi connectivity index (χ2v) is 12.5. The van der Waals surface area contributed by atoms with Crippen LogP contribution in [0.25, 0.3) is 5.57 Å². The highest BCUT2D eigenvalue weighted by atomic mass is 32.2. The number of halogens is 9. The third-order valence-corrected chi connectivity index (χ3v) is 8.74. The van der Waals surface area contributed by atoms with Crippen molar-refractivity contribution in [1.82, 2.24) is 4.90 Å². The van der Waals surface area contributed by atoms with Gasteiger partial charge >= 0.3 is 24.8 Å². The number of alkyl halides is 9. The Bertz CT molecular complexity index is 1340. The van der Waals surface area contributed by atoms with Crippen LogP contribution >= 0.6 is 11.8 Å². The van der Waals surface area contributed by atoms with Crippen LogP contribution in [-0.4, -0.2) is 54.7 Å². The van der Waals surface area contributed by atoms with E-state index < -0.39 is 60.6 Å². The number of rotatable bonds is 6. The smallest absolute Gasteiger partial charge is 0.439 e. The van der Waals surface area contributed by atoms with Gasteiger partial charge in [0.05, 0.1) is 12.0 Å². The fourth-order valence-electron chi connectivity index (χ4n) is 5.80. The fraction of sp³-hybridized carbons (Fsp3) is 0.552. The number of cyclic esters (lactones) is 1. The predicted octanol–water partition coefficient (Wildman–Crippen LogP) is 9.48. The summed E-state index contributed by atoms with van der Waals surface area (Å²) in [4.78, 5) is 15.0. The van der Waals surface area contributed by atoms with Gasteiger partial charge in [0.1, 0.15) is 11.9 Å². The second kappa shape index (κ2) is 11.6. The summed E-state index contributed by atoms with van der Waals surface area (Å²) >= 11 is 1.31. The van der Waals surface area contributed by atoms with E-state index in [1.165, 1.54) is 41.8 Å². The minimum Gasteiger partial charge on any atom is -0.439 e. The zero-order chi connectivity index (χ0) is 32.1. The third kappa shape index (κ3) is 7.66. The molecule has 1 aromatic carbocycles. The van der Waals surface area contributed by atoms with Crippen molar-refractivity contribution in [2.75, 3.05) is 12.8 Å².